The van der Waals surface area contributed by atoms with Gasteiger partial charge in [-0.05, 0) is 49.2 Å². The van der Waals surface area contributed by atoms with Crippen LogP contribution in [-0.4, -0.2) is 44.5 Å². The van der Waals surface area contributed by atoms with Gasteiger partial charge in [0, 0.05) is 18.2 Å². The zero-order valence-corrected chi connectivity index (χ0v) is 19.8. The van der Waals surface area contributed by atoms with Crippen molar-refractivity contribution in [1.29, 1.82) is 0 Å². The van der Waals surface area contributed by atoms with E-state index in [0.29, 0.717) is 36.0 Å². The van der Waals surface area contributed by atoms with Crippen LogP contribution in [0, 0.1) is 13.8 Å². The number of hydrogen-bond donors (Lipinski definition) is 2. The molecule has 11 heteroatoms. The minimum Gasteiger partial charge on any atom is -0.490 e. The standard InChI is InChI=1S/C25H24N6O5/c1-15-8-16(2)10-18(9-15)31-23-19(12-27-31)24(33)30(14-26-23)13-22(32)29-25(34)28-17-4-5-20-21(11-17)36-7-3-6-35-20/h4-5,8-12,14H,3,6-7,13H2,1-2H3,(H2,28,29,32,34). The molecule has 0 aliphatic carbocycles. The maximum absolute atomic E-state index is 12.9. The Hall–Kier alpha value is -4.67. The van der Waals surface area contributed by atoms with Gasteiger partial charge in [0.25, 0.3) is 5.56 Å². The molecule has 11 nitrogen and oxygen atoms in total. The molecule has 0 spiro atoms. The Balaban J connectivity index is 1.28. The van der Waals surface area contributed by atoms with Crippen LogP contribution in [0.25, 0.3) is 16.7 Å². The quantitative estimate of drug-likeness (QED) is 0.452. The number of hydrogen-bond acceptors (Lipinski definition) is 7. The van der Waals surface area contributed by atoms with Crippen LogP contribution in [0.1, 0.15) is 17.5 Å². The number of carbonyl (C=O) groups excluding carboxylic acids is 2. The first-order valence-corrected chi connectivity index (χ1v) is 11.4. The van der Waals surface area contributed by atoms with E-state index in [2.05, 4.69) is 20.7 Å². The van der Waals surface area contributed by atoms with Gasteiger partial charge >= 0.3 is 6.03 Å². The molecule has 4 aromatic rings. The van der Waals surface area contributed by atoms with Crippen molar-refractivity contribution in [2.24, 2.45) is 0 Å². The van der Waals surface area contributed by atoms with Gasteiger partial charge in [0.05, 0.1) is 25.1 Å². The fourth-order valence-corrected chi connectivity index (χ4v) is 4.05. The molecule has 0 unspecified atom stereocenters. The number of rotatable bonds is 4. The number of imide groups is 1. The predicted octanol–water partition coefficient (Wildman–Crippen LogP) is 2.71. The van der Waals surface area contributed by atoms with Gasteiger partial charge in [-0.2, -0.15) is 5.10 Å². The van der Waals surface area contributed by atoms with Crippen LogP contribution >= 0.6 is 0 Å². The van der Waals surface area contributed by atoms with E-state index in [-0.39, 0.29) is 11.9 Å². The van der Waals surface area contributed by atoms with Crippen molar-refractivity contribution < 1.29 is 19.1 Å². The van der Waals surface area contributed by atoms with E-state index in [1.807, 2.05) is 32.0 Å². The van der Waals surface area contributed by atoms with E-state index >= 15 is 0 Å². The minimum atomic E-state index is -0.737. The Labute approximate surface area is 205 Å². The largest absolute Gasteiger partial charge is 0.490 e. The molecule has 3 amide bonds. The molecular weight excluding hydrogens is 464 g/mol. The smallest absolute Gasteiger partial charge is 0.325 e. The van der Waals surface area contributed by atoms with E-state index < -0.39 is 17.5 Å². The molecule has 0 fully saturated rings. The van der Waals surface area contributed by atoms with Crippen LogP contribution in [0.15, 0.2) is 53.7 Å². The summed E-state index contributed by atoms with van der Waals surface area (Å²) in [6.45, 7) is 4.64. The Morgan fingerprint density at radius 2 is 1.78 bits per heavy atom. The van der Waals surface area contributed by atoms with Crippen molar-refractivity contribution in [1.82, 2.24) is 24.6 Å². The summed E-state index contributed by atoms with van der Waals surface area (Å²) in [6, 6.07) is 10.2. The number of carbonyl (C=O) groups is 2. The van der Waals surface area contributed by atoms with Crippen molar-refractivity contribution in [3.8, 4) is 17.2 Å². The van der Waals surface area contributed by atoms with Gasteiger partial charge in [0.2, 0.25) is 5.91 Å². The monoisotopic (exact) mass is 488 g/mol. The third-order valence-corrected chi connectivity index (χ3v) is 5.58. The van der Waals surface area contributed by atoms with Crippen LogP contribution in [0.5, 0.6) is 11.5 Å². The summed E-state index contributed by atoms with van der Waals surface area (Å²) in [5.41, 5.74) is 3.29. The molecule has 0 bridgehead atoms. The molecule has 184 valence electrons. The zero-order valence-electron chi connectivity index (χ0n) is 19.8. The van der Waals surface area contributed by atoms with Gasteiger partial charge < -0.3 is 14.8 Å². The lowest BCUT2D eigenvalue weighted by molar-refractivity contribution is -0.120. The van der Waals surface area contributed by atoms with Crippen molar-refractivity contribution in [2.45, 2.75) is 26.8 Å². The lowest BCUT2D eigenvalue weighted by Gasteiger charge is -2.11. The number of fused-ring (bicyclic) bond motifs is 2. The van der Waals surface area contributed by atoms with E-state index in [0.717, 1.165) is 27.8 Å². The molecule has 3 heterocycles. The third kappa shape index (κ3) is 4.76. The number of aromatic nitrogens is 4. The van der Waals surface area contributed by atoms with Crippen LogP contribution in [0.2, 0.25) is 0 Å². The van der Waals surface area contributed by atoms with E-state index in [4.69, 9.17) is 9.47 Å². The van der Waals surface area contributed by atoms with Gasteiger partial charge in [-0.1, -0.05) is 6.07 Å². The average Bonchev–Trinajstić information content (AvgIpc) is 3.12. The maximum atomic E-state index is 12.9. The van der Waals surface area contributed by atoms with Crippen molar-refractivity contribution >= 4 is 28.7 Å². The summed E-state index contributed by atoms with van der Waals surface area (Å²) in [7, 11) is 0. The summed E-state index contributed by atoms with van der Waals surface area (Å²) in [5, 5.41) is 9.38. The van der Waals surface area contributed by atoms with E-state index in [9.17, 15) is 14.4 Å². The lowest BCUT2D eigenvalue weighted by atomic mass is 10.1. The first kappa shape index (κ1) is 23.1. The van der Waals surface area contributed by atoms with Gasteiger partial charge in [-0.25, -0.2) is 14.5 Å². The number of ether oxygens (including phenoxy) is 2. The summed E-state index contributed by atoms with van der Waals surface area (Å²) >= 11 is 0. The molecular formula is C25H24N6O5. The van der Waals surface area contributed by atoms with Gasteiger partial charge in [0.1, 0.15) is 18.3 Å². The van der Waals surface area contributed by atoms with Gasteiger partial charge in [0.15, 0.2) is 17.1 Å². The number of aryl methyl sites for hydroxylation is 2. The molecule has 0 saturated carbocycles. The molecule has 0 atom stereocenters. The zero-order chi connectivity index (χ0) is 25.2. The first-order chi connectivity index (χ1) is 17.4. The van der Waals surface area contributed by atoms with Crippen molar-refractivity contribution in [3.05, 3.63) is 70.4 Å². The highest BCUT2D eigenvalue weighted by atomic mass is 16.5. The molecule has 2 aromatic heterocycles. The topological polar surface area (TPSA) is 129 Å². The maximum Gasteiger partial charge on any atom is 0.325 e. The molecule has 0 radical (unpaired) electrons. The van der Waals surface area contributed by atoms with Crippen LogP contribution in [0.3, 0.4) is 0 Å². The highest BCUT2D eigenvalue weighted by Gasteiger charge is 2.16. The van der Waals surface area contributed by atoms with Crippen molar-refractivity contribution in [2.75, 3.05) is 18.5 Å². The van der Waals surface area contributed by atoms with Crippen LogP contribution in [0.4, 0.5) is 10.5 Å². The summed E-state index contributed by atoms with van der Waals surface area (Å²) in [6.07, 6.45) is 3.46. The fraction of sp³-hybridized carbons (Fsp3) is 0.240. The minimum absolute atomic E-state index is 0.265. The van der Waals surface area contributed by atoms with E-state index in [1.165, 1.54) is 12.5 Å². The Morgan fingerprint density at radius 3 is 2.56 bits per heavy atom. The highest BCUT2D eigenvalue weighted by molar-refractivity contribution is 6.01. The van der Waals surface area contributed by atoms with Crippen LogP contribution in [-0.2, 0) is 11.3 Å². The van der Waals surface area contributed by atoms with E-state index in [1.54, 1.807) is 22.9 Å². The number of nitrogens with zero attached hydrogens (tertiary/aromatic N) is 4. The summed E-state index contributed by atoms with van der Waals surface area (Å²) in [4.78, 5) is 42.1. The SMILES string of the molecule is Cc1cc(C)cc(-n2ncc3c(=O)n(CC(=O)NC(=O)Nc4ccc5c(c4)OCCCO5)cnc32)c1. The molecule has 2 aromatic carbocycles. The normalized spacial score (nSPS) is 12.7. The van der Waals surface area contributed by atoms with Crippen molar-refractivity contribution in [3.63, 3.8) is 0 Å². The van der Waals surface area contributed by atoms with Gasteiger partial charge in [-0.3, -0.25) is 19.5 Å². The summed E-state index contributed by atoms with van der Waals surface area (Å²) < 4.78 is 13.9. The molecule has 5 rings (SSSR count). The Kier molecular flexibility index (Phi) is 6.11. The molecule has 36 heavy (non-hydrogen) atoms. The Bertz CT molecular complexity index is 1520. The number of amides is 3. The lowest BCUT2D eigenvalue weighted by Crippen LogP contribution is -2.38. The second-order valence-electron chi connectivity index (χ2n) is 8.53. The molecule has 0 saturated heterocycles. The fourth-order valence-electron chi connectivity index (χ4n) is 4.05. The number of nitrogens with one attached hydrogen (secondary N) is 2. The van der Waals surface area contributed by atoms with Gasteiger partial charge in [-0.15, -0.1) is 0 Å². The van der Waals surface area contributed by atoms with Crippen LogP contribution < -0.4 is 25.7 Å². The number of urea groups is 1. The predicted molar refractivity (Wildman–Crippen MR) is 132 cm³/mol. The number of benzene rings is 2. The first-order valence-electron chi connectivity index (χ1n) is 11.4. The Morgan fingerprint density at radius 1 is 1.03 bits per heavy atom. The average molecular weight is 489 g/mol. The second-order valence-corrected chi connectivity index (χ2v) is 8.53. The molecule has 1 aliphatic rings. The second kappa shape index (κ2) is 9.53. The molecule has 1 aliphatic heterocycles. The third-order valence-electron chi connectivity index (χ3n) is 5.58. The summed E-state index contributed by atoms with van der Waals surface area (Å²) in [5.74, 6) is 0.438. The number of anilines is 1. The molecule has 2 N–H and O–H groups in total. The highest BCUT2D eigenvalue weighted by Crippen LogP contribution is 2.32.